The lowest BCUT2D eigenvalue weighted by Crippen LogP contribution is -2.03. The van der Waals surface area contributed by atoms with Crippen LogP contribution in [0.3, 0.4) is 0 Å². The van der Waals surface area contributed by atoms with Crippen molar-refractivity contribution >= 4 is 12.0 Å². The lowest BCUT2D eigenvalue weighted by atomic mass is 10.2. The van der Waals surface area contributed by atoms with Crippen LogP contribution in [0.2, 0.25) is 0 Å². The number of benzene rings is 1. The maximum atomic E-state index is 13.3. The Morgan fingerprint density at radius 2 is 2.25 bits per heavy atom. The van der Waals surface area contributed by atoms with E-state index in [0.717, 1.165) is 6.08 Å². The smallest absolute Gasteiger partial charge is 0.367 e. The quantitative estimate of drug-likeness (QED) is 0.582. The number of hydrogen-bond acceptors (Lipinski definition) is 3. The summed E-state index contributed by atoms with van der Waals surface area (Å²) >= 11 is 0. The van der Waals surface area contributed by atoms with E-state index in [1.54, 1.807) is 31.2 Å². The van der Waals surface area contributed by atoms with Crippen LogP contribution in [0.5, 0.6) is 5.75 Å². The molecule has 0 saturated carbocycles. The molecule has 0 aliphatic carbocycles. The molecule has 0 aliphatic heterocycles. The molecule has 0 heterocycles. The molecule has 0 amide bonds. The van der Waals surface area contributed by atoms with Crippen LogP contribution in [-0.2, 0) is 9.53 Å². The van der Waals surface area contributed by atoms with Crippen molar-refractivity contribution in [3.8, 4) is 5.75 Å². The Bertz CT molecular complexity index is 399. The van der Waals surface area contributed by atoms with Crippen LogP contribution < -0.4 is 4.74 Å². The first-order chi connectivity index (χ1) is 7.67. The van der Waals surface area contributed by atoms with Crippen molar-refractivity contribution in [3.05, 3.63) is 35.7 Å². The molecule has 0 bridgehead atoms. The number of methoxy groups -OCH3 is 1. The van der Waals surface area contributed by atoms with Crippen molar-refractivity contribution in [2.45, 2.75) is 6.92 Å². The van der Waals surface area contributed by atoms with Gasteiger partial charge in [0.1, 0.15) is 5.75 Å². The van der Waals surface area contributed by atoms with Crippen molar-refractivity contribution in [1.29, 1.82) is 0 Å². The maximum absolute atomic E-state index is 13.3. The summed E-state index contributed by atoms with van der Waals surface area (Å²) in [4.78, 5) is 11.0. The molecule has 1 rings (SSSR count). The Morgan fingerprint density at radius 1 is 1.50 bits per heavy atom. The minimum absolute atomic E-state index is 0.151. The van der Waals surface area contributed by atoms with E-state index >= 15 is 0 Å². The summed E-state index contributed by atoms with van der Waals surface area (Å²) in [6, 6.07) is 6.74. The topological polar surface area (TPSA) is 35.5 Å². The monoisotopic (exact) mass is 224 g/mol. The number of rotatable bonds is 4. The van der Waals surface area contributed by atoms with Crippen LogP contribution in [0.4, 0.5) is 4.39 Å². The van der Waals surface area contributed by atoms with Crippen molar-refractivity contribution < 1.29 is 18.7 Å². The highest BCUT2D eigenvalue weighted by Crippen LogP contribution is 2.16. The molecular weight excluding hydrogens is 211 g/mol. The molecule has 16 heavy (non-hydrogen) atoms. The first-order valence-electron chi connectivity index (χ1n) is 4.85. The fourth-order valence-corrected chi connectivity index (χ4v) is 1.14. The molecule has 0 atom stereocenters. The summed E-state index contributed by atoms with van der Waals surface area (Å²) in [7, 11) is 1.52. The van der Waals surface area contributed by atoms with E-state index in [1.807, 2.05) is 0 Å². The number of hydrogen-bond donors (Lipinski definition) is 0. The van der Waals surface area contributed by atoms with Gasteiger partial charge in [-0.05, 0) is 30.7 Å². The van der Waals surface area contributed by atoms with Crippen LogP contribution in [0.15, 0.2) is 30.1 Å². The Morgan fingerprint density at radius 3 is 2.88 bits per heavy atom. The third-order valence-corrected chi connectivity index (χ3v) is 1.86. The molecule has 3 nitrogen and oxygen atoms in total. The van der Waals surface area contributed by atoms with Crippen LogP contribution in [-0.4, -0.2) is 19.7 Å². The van der Waals surface area contributed by atoms with E-state index < -0.39 is 11.8 Å². The zero-order valence-corrected chi connectivity index (χ0v) is 9.20. The van der Waals surface area contributed by atoms with E-state index in [4.69, 9.17) is 4.74 Å². The Kier molecular flexibility index (Phi) is 4.51. The van der Waals surface area contributed by atoms with Crippen molar-refractivity contribution in [3.63, 3.8) is 0 Å². The minimum atomic E-state index is -0.953. The predicted octanol–water partition coefficient (Wildman–Crippen LogP) is 2.57. The minimum Gasteiger partial charge on any atom is -0.497 e. The van der Waals surface area contributed by atoms with Crippen molar-refractivity contribution in [2.75, 3.05) is 13.7 Å². The average molecular weight is 224 g/mol. The second-order valence-corrected chi connectivity index (χ2v) is 2.99. The number of halogens is 1. The summed E-state index contributed by atoms with van der Waals surface area (Å²) in [5.41, 5.74) is 0.546. The van der Waals surface area contributed by atoms with Gasteiger partial charge in [0.15, 0.2) is 0 Å². The molecule has 1 aromatic carbocycles. The summed E-state index contributed by atoms with van der Waals surface area (Å²) in [6.45, 7) is 1.77. The third kappa shape index (κ3) is 3.38. The third-order valence-electron chi connectivity index (χ3n) is 1.86. The molecular formula is C12H13FO3. The van der Waals surface area contributed by atoms with Gasteiger partial charge >= 0.3 is 5.97 Å². The summed E-state index contributed by atoms with van der Waals surface area (Å²) < 4.78 is 22.7. The van der Waals surface area contributed by atoms with Crippen LogP contribution in [0.25, 0.3) is 6.08 Å². The Labute approximate surface area is 93.5 Å². The SMILES string of the molecule is CCOC(=O)C(F)=Cc1cccc(OC)c1. The molecule has 0 spiro atoms. The van der Waals surface area contributed by atoms with E-state index in [9.17, 15) is 9.18 Å². The molecule has 0 aromatic heterocycles. The largest absolute Gasteiger partial charge is 0.497 e. The summed E-state index contributed by atoms with van der Waals surface area (Å²) in [5, 5.41) is 0. The standard InChI is InChI=1S/C12H13FO3/c1-3-16-12(14)11(13)8-9-5-4-6-10(7-9)15-2/h4-8H,3H2,1-2H3. The van der Waals surface area contributed by atoms with Crippen molar-refractivity contribution in [2.24, 2.45) is 0 Å². The lowest BCUT2D eigenvalue weighted by Gasteiger charge is -2.01. The maximum Gasteiger partial charge on any atom is 0.367 e. The van der Waals surface area contributed by atoms with Crippen LogP contribution in [0.1, 0.15) is 12.5 Å². The Hall–Kier alpha value is -1.84. The molecule has 0 unspecified atom stereocenters. The molecule has 0 fully saturated rings. The fraction of sp³-hybridized carbons (Fsp3) is 0.250. The van der Waals surface area contributed by atoms with Gasteiger partial charge in [0.2, 0.25) is 5.83 Å². The number of esters is 1. The van der Waals surface area contributed by atoms with Crippen molar-refractivity contribution in [1.82, 2.24) is 0 Å². The molecule has 0 aliphatic rings. The molecule has 1 aromatic rings. The number of ether oxygens (including phenoxy) is 2. The first-order valence-corrected chi connectivity index (χ1v) is 4.85. The fourth-order valence-electron chi connectivity index (χ4n) is 1.14. The van der Waals surface area contributed by atoms with E-state index in [-0.39, 0.29) is 6.61 Å². The van der Waals surface area contributed by atoms with Gasteiger partial charge in [-0.1, -0.05) is 12.1 Å². The van der Waals surface area contributed by atoms with Gasteiger partial charge in [0, 0.05) is 0 Å². The van der Waals surface area contributed by atoms with E-state index in [1.165, 1.54) is 7.11 Å². The van der Waals surface area contributed by atoms with Gasteiger partial charge in [-0.15, -0.1) is 0 Å². The highest BCUT2D eigenvalue weighted by Gasteiger charge is 2.09. The Balaban J connectivity index is 2.84. The number of carbonyl (C=O) groups excluding carboxylic acids is 1. The van der Waals surface area contributed by atoms with E-state index in [2.05, 4.69) is 4.74 Å². The average Bonchev–Trinajstić information content (AvgIpc) is 2.29. The van der Waals surface area contributed by atoms with Gasteiger partial charge in [-0.25, -0.2) is 4.79 Å². The van der Waals surface area contributed by atoms with E-state index in [0.29, 0.717) is 11.3 Å². The second-order valence-electron chi connectivity index (χ2n) is 2.99. The normalized spacial score (nSPS) is 11.1. The number of carbonyl (C=O) groups is 1. The molecule has 0 saturated heterocycles. The van der Waals surface area contributed by atoms with Gasteiger partial charge in [0.05, 0.1) is 13.7 Å². The highest BCUT2D eigenvalue weighted by molar-refractivity contribution is 5.91. The molecule has 0 N–H and O–H groups in total. The second kappa shape index (κ2) is 5.90. The zero-order chi connectivity index (χ0) is 12.0. The van der Waals surface area contributed by atoms with Gasteiger partial charge in [0.25, 0.3) is 0 Å². The molecule has 4 heteroatoms. The lowest BCUT2D eigenvalue weighted by molar-refractivity contribution is -0.140. The summed E-state index contributed by atoms with van der Waals surface area (Å²) in [5.74, 6) is -1.27. The highest BCUT2D eigenvalue weighted by atomic mass is 19.1. The predicted molar refractivity (Wildman–Crippen MR) is 58.7 cm³/mol. The van der Waals surface area contributed by atoms with Crippen LogP contribution in [0, 0.1) is 0 Å². The van der Waals surface area contributed by atoms with Gasteiger partial charge in [-0.3, -0.25) is 0 Å². The van der Waals surface area contributed by atoms with Gasteiger partial charge in [-0.2, -0.15) is 4.39 Å². The van der Waals surface area contributed by atoms with Gasteiger partial charge < -0.3 is 9.47 Å². The molecule has 0 radical (unpaired) electrons. The summed E-state index contributed by atoms with van der Waals surface area (Å²) in [6.07, 6.45) is 1.11. The van der Waals surface area contributed by atoms with Crippen LogP contribution >= 0.6 is 0 Å². The molecule has 86 valence electrons. The first kappa shape index (κ1) is 12.2. The zero-order valence-electron chi connectivity index (χ0n) is 9.20.